The highest BCUT2D eigenvalue weighted by atomic mass is 19.1. The van der Waals surface area contributed by atoms with Crippen LogP contribution in [-0.4, -0.2) is 11.0 Å². The smallest absolute Gasteiger partial charge is 0.144 e. The molecule has 1 aliphatic carbocycles. The van der Waals surface area contributed by atoms with Gasteiger partial charge in [0.25, 0.3) is 0 Å². The van der Waals surface area contributed by atoms with Crippen molar-refractivity contribution < 1.29 is 4.39 Å². The Bertz CT molecular complexity index is 699. The Labute approximate surface area is 117 Å². The molecule has 0 radical (unpaired) electrons. The van der Waals surface area contributed by atoms with Crippen molar-refractivity contribution in [3.63, 3.8) is 0 Å². The van der Waals surface area contributed by atoms with E-state index in [1.165, 1.54) is 6.07 Å². The molecule has 4 heteroatoms. The van der Waals surface area contributed by atoms with Crippen LogP contribution in [0.3, 0.4) is 0 Å². The zero-order chi connectivity index (χ0) is 14.1. The number of hydrogen-bond acceptors (Lipinski definition) is 3. The zero-order valence-electron chi connectivity index (χ0n) is 11.2. The maximum absolute atomic E-state index is 13.3. The maximum Gasteiger partial charge on any atom is 0.144 e. The predicted molar refractivity (Wildman–Crippen MR) is 75.7 cm³/mol. The molecule has 1 aromatic heterocycles. The van der Waals surface area contributed by atoms with Crippen molar-refractivity contribution in [1.29, 1.82) is 5.26 Å². The predicted octanol–water partition coefficient (Wildman–Crippen LogP) is 3.64. The summed E-state index contributed by atoms with van der Waals surface area (Å²) >= 11 is 0. The number of rotatable bonds is 3. The highest BCUT2D eigenvalue weighted by molar-refractivity contribution is 5.65. The molecule has 100 valence electrons. The van der Waals surface area contributed by atoms with E-state index in [9.17, 15) is 4.39 Å². The summed E-state index contributed by atoms with van der Waals surface area (Å²) < 4.78 is 13.3. The number of benzene rings is 1. The van der Waals surface area contributed by atoms with Gasteiger partial charge in [0, 0.05) is 11.6 Å². The molecule has 0 aliphatic heterocycles. The molecule has 0 amide bonds. The molecule has 0 spiro atoms. The Morgan fingerprint density at radius 3 is 2.75 bits per heavy atom. The highest BCUT2D eigenvalue weighted by Crippen LogP contribution is 2.28. The fourth-order valence-electron chi connectivity index (χ4n) is 2.05. The molecule has 3 nitrogen and oxygen atoms in total. The van der Waals surface area contributed by atoms with Gasteiger partial charge in [-0.15, -0.1) is 0 Å². The van der Waals surface area contributed by atoms with Gasteiger partial charge in [-0.3, -0.25) is 0 Å². The van der Waals surface area contributed by atoms with E-state index in [-0.39, 0.29) is 5.82 Å². The average molecular weight is 267 g/mol. The number of aryl methyl sites for hydroxylation is 1. The van der Waals surface area contributed by atoms with Gasteiger partial charge in [-0.2, -0.15) is 5.26 Å². The van der Waals surface area contributed by atoms with E-state index < -0.39 is 0 Å². The minimum Gasteiger partial charge on any atom is -0.366 e. The summed E-state index contributed by atoms with van der Waals surface area (Å²) in [5.41, 5.74) is 2.73. The molecular formula is C16H14FN3. The molecular weight excluding hydrogens is 253 g/mol. The molecule has 1 N–H and O–H groups in total. The number of hydrogen-bond donors (Lipinski definition) is 1. The van der Waals surface area contributed by atoms with Gasteiger partial charge in [0.05, 0.1) is 11.3 Å². The van der Waals surface area contributed by atoms with Crippen molar-refractivity contribution in [3.05, 3.63) is 47.3 Å². The van der Waals surface area contributed by atoms with Crippen LogP contribution < -0.4 is 5.32 Å². The summed E-state index contributed by atoms with van der Waals surface area (Å²) in [5.74, 6) is 0.396. The quantitative estimate of drug-likeness (QED) is 0.923. The van der Waals surface area contributed by atoms with Gasteiger partial charge in [-0.1, -0.05) is 0 Å². The lowest BCUT2D eigenvalue weighted by atomic mass is 10.1. The Kier molecular flexibility index (Phi) is 3.11. The van der Waals surface area contributed by atoms with Crippen molar-refractivity contribution in [2.45, 2.75) is 25.8 Å². The number of pyridine rings is 1. The van der Waals surface area contributed by atoms with Crippen LogP contribution in [0.1, 0.15) is 24.0 Å². The van der Waals surface area contributed by atoms with Crippen molar-refractivity contribution >= 4 is 5.82 Å². The summed E-state index contributed by atoms with van der Waals surface area (Å²) in [7, 11) is 0. The van der Waals surface area contributed by atoms with Crippen LogP contribution in [0.15, 0.2) is 30.3 Å². The molecule has 1 aliphatic rings. The van der Waals surface area contributed by atoms with Crippen molar-refractivity contribution in [1.82, 2.24) is 4.98 Å². The largest absolute Gasteiger partial charge is 0.366 e. The molecule has 0 atom stereocenters. The second-order valence-electron chi connectivity index (χ2n) is 5.09. The van der Waals surface area contributed by atoms with Gasteiger partial charge >= 0.3 is 0 Å². The van der Waals surface area contributed by atoms with Crippen LogP contribution in [0, 0.1) is 24.1 Å². The molecule has 20 heavy (non-hydrogen) atoms. The van der Waals surface area contributed by atoms with Crippen LogP contribution in [0.5, 0.6) is 0 Å². The SMILES string of the molecule is Cc1cc(-c2ccc(C#N)c(NC3CC3)n2)ccc1F. The molecule has 0 saturated heterocycles. The summed E-state index contributed by atoms with van der Waals surface area (Å²) in [5, 5.41) is 12.4. The van der Waals surface area contributed by atoms with E-state index >= 15 is 0 Å². The summed E-state index contributed by atoms with van der Waals surface area (Å²) in [4.78, 5) is 4.51. The van der Waals surface area contributed by atoms with Crippen molar-refractivity contribution in [2.75, 3.05) is 5.32 Å². The Morgan fingerprint density at radius 1 is 1.30 bits per heavy atom. The Morgan fingerprint density at radius 2 is 2.10 bits per heavy atom. The second kappa shape index (κ2) is 4.93. The molecule has 1 heterocycles. The average Bonchev–Trinajstić information content (AvgIpc) is 3.26. The minimum absolute atomic E-state index is 0.223. The van der Waals surface area contributed by atoms with Gasteiger partial charge in [0.15, 0.2) is 0 Å². The van der Waals surface area contributed by atoms with Gasteiger partial charge in [0.2, 0.25) is 0 Å². The third kappa shape index (κ3) is 2.48. The normalized spacial score (nSPS) is 13.8. The third-order valence-corrected chi connectivity index (χ3v) is 3.39. The van der Waals surface area contributed by atoms with Crippen LogP contribution in [-0.2, 0) is 0 Å². The van der Waals surface area contributed by atoms with Crippen LogP contribution in [0.4, 0.5) is 10.2 Å². The first-order chi connectivity index (χ1) is 9.67. The fraction of sp³-hybridized carbons (Fsp3) is 0.250. The standard InChI is InChI=1S/C16H14FN3/c1-10-8-11(2-6-14(10)17)15-7-3-12(9-18)16(20-15)19-13-4-5-13/h2-3,6-8,13H,4-5H2,1H3,(H,19,20). The molecule has 1 aromatic carbocycles. The summed E-state index contributed by atoms with van der Waals surface area (Å²) in [6, 6.07) is 11.0. The van der Waals surface area contributed by atoms with Gasteiger partial charge in [0.1, 0.15) is 17.7 Å². The zero-order valence-corrected chi connectivity index (χ0v) is 11.2. The van der Waals surface area contributed by atoms with Crippen molar-refractivity contribution in [2.24, 2.45) is 0 Å². The highest BCUT2D eigenvalue weighted by Gasteiger charge is 2.22. The molecule has 3 rings (SSSR count). The van der Waals surface area contributed by atoms with E-state index in [0.717, 1.165) is 24.1 Å². The van der Waals surface area contributed by atoms with Crippen LogP contribution in [0.25, 0.3) is 11.3 Å². The maximum atomic E-state index is 13.3. The van der Waals surface area contributed by atoms with E-state index in [0.29, 0.717) is 23.0 Å². The number of nitrogens with zero attached hydrogens (tertiary/aromatic N) is 2. The number of halogens is 1. The topological polar surface area (TPSA) is 48.7 Å². The van der Waals surface area contributed by atoms with Crippen LogP contribution >= 0.6 is 0 Å². The number of anilines is 1. The lowest BCUT2D eigenvalue weighted by molar-refractivity contribution is 0.619. The van der Waals surface area contributed by atoms with Crippen molar-refractivity contribution in [3.8, 4) is 17.3 Å². The fourth-order valence-corrected chi connectivity index (χ4v) is 2.05. The molecule has 1 saturated carbocycles. The molecule has 0 bridgehead atoms. The monoisotopic (exact) mass is 267 g/mol. The summed E-state index contributed by atoms with van der Waals surface area (Å²) in [6.45, 7) is 1.73. The van der Waals surface area contributed by atoms with Crippen LogP contribution in [0.2, 0.25) is 0 Å². The molecule has 0 unspecified atom stereocenters. The Hall–Kier alpha value is -2.41. The van der Waals surface area contributed by atoms with Gasteiger partial charge < -0.3 is 5.32 Å². The second-order valence-corrected chi connectivity index (χ2v) is 5.09. The molecule has 1 fully saturated rings. The van der Waals surface area contributed by atoms with E-state index in [1.807, 2.05) is 0 Å². The van der Waals surface area contributed by atoms with E-state index in [2.05, 4.69) is 16.4 Å². The number of nitrogens with one attached hydrogen (secondary N) is 1. The summed E-state index contributed by atoms with van der Waals surface area (Å²) in [6.07, 6.45) is 2.23. The Balaban J connectivity index is 2.00. The van der Waals surface area contributed by atoms with Gasteiger partial charge in [-0.05, 0) is 55.7 Å². The first-order valence-corrected chi connectivity index (χ1v) is 6.61. The lowest BCUT2D eigenvalue weighted by Gasteiger charge is -2.09. The third-order valence-electron chi connectivity index (χ3n) is 3.39. The van der Waals surface area contributed by atoms with E-state index in [4.69, 9.17) is 5.26 Å². The number of nitriles is 1. The minimum atomic E-state index is -0.223. The molecule has 2 aromatic rings. The van der Waals surface area contributed by atoms with Gasteiger partial charge in [-0.25, -0.2) is 9.37 Å². The van der Waals surface area contributed by atoms with E-state index in [1.54, 1.807) is 31.2 Å². The first-order valence-electron chi connectivity index (χ1n) is 6.61. The first kappa shape index (κ1) is 12.6. The lowest BCUT2D eigenvalue weighted by Crippen LogP contribution is -2.05. The number of aromatic nitrogens is 1.